The molecule has 0 spiro atoms. The lowest BCUT2D eigenvalue weighted by Crippen LogP contribution is -2.32. The van der Waals surface area contributed by atoms with Crippen LogP contribution in [0.2, 0.25) is 5.02 Å². The molecular weight excluding hydrogens is 422 g/mol. The van der Waals surface area contributed by atoms with Crippen LogP contribution in [0.15, 0.2) is 54.5 Å². The Morgan fingerprint density at radius 2 is 1.90 bits per heavy atom. The molecule has 0 fully saturated rings. The number of rotatable bonds is 5. The molecule has 0 saturated heterocycles. The SMILES string of the molecule is CC1=C(c2cnc(CC(=O)c3cccc(F)c3Cl)cn2)CN(c2ncccc2F)CC1. The summed E-state index contributed by atoms with van der Waals surface area (Å²) in [7, 11) is 0. The number of hydrogen-bond donors (Lipinski definition) is 0. The number of carbonyl (C=O) groups excluding carboxylic acids is 1. The molecule has 4 rings (SSSR count). The van der Waals surface area contributed by atoms with Crippen LogP contribution in [-0.4, -0.2) is 33.8 Å². The van der Waals surface area contributed by atoms with E-state index < -0.39 is 5.82 Å². The van der Waals surface area contributed by atoms with E-state index in [1.807, 2.05) is 11.8 Å². The number of aromatic nitrogens is 3. The van der Waals surface area contributed by atoms with Crippen LogP contribution in [0.4, 0.5) is 14.6 Å². The van der Waals surface area contributed by atoms with Crippen molar-refractivity contribution in [3.05, 3.63) is 88.1 Å². The molecule has 0 radical (unpaired) electrons. The second-order valence-electron chi connectivity index (χ2n) is 7.33. The van der Waals surface area contributed by atoms with E-state index in [1.165, 1.54) is 30.5 Å². The van der Waals surface area contributed by atoms with E-state index in [9.17, 15) is 13.6 Å². The molecule has 0 aliphatic carbocycles. The van der Waals surface area contributed by atoms with E-state index in [-0.39, 0.29) is 28.6 Å². The van der Waals surface area contributed by atoms with Gasteiger partial charge >= 0.3 is 0 Å². The molecule has 0 atom stereocenters. The molecule has 3 aromatic rings. The zero-order chi connectivity index (χ0) is 22.0. The van der Waals surface area contributed by atoms with Crippen molar-refractivity contribution in [3.63, 3.8) is 0 Å². The normalized spacial score (nSPS) is 14.1. The van der Waals surface area contributed by atoms with Crippen molar-refractivity contribution in [2.75, 3.05) is 18.0 Å². The van der Waals surface area contributed by atoms with Gasteiger partial charge in [0.15, 0.2) is 17.4 Å². The Balaban J connectivity index is 1.51. The molecule has 31 heavy (non-hydrogen) atoms. The smallest absolute Gasteiger partial charge is 0.170 e. The Kier molecular flexibility index (Phi) is 6.04. The standard InChI is InChI=1S/C23H19ClF2N4O/c1-14-7-9-30(23-19(26)6-3-8-27-23)13-17(14)20-12-28-15(11-29-20)10-21(31)16-4-2-5-18(25)22(16)24/h2-6,8,11-12H,7,9-10,13H2,1H3. The number of halogens is 3. The van der Waals surface area contributed by atoms with Crippen molar-refractivity contribution in [1.82, 2.24) is 15.0 Å². The highest BCUT2D eigenvalue weighted by Gasteiger charge is 2.22. The number of Topliss-reactive ketones (excluding diaryl/α,β-unsaturated/α-hetero) is 1. The topological polar surface area (TPSA) is 59.0 Å². The maximum Gasteiger partial charge on any atom is 0.170 e. The Hall–Kier alpha value is -3.19. The number of carbonyl (C=O) groups is 1. The molecular formula is C23H19ClF2N4O. The zero-order valence-corrected chi connectivity index (χ0v) is 17.5. The van der Waals surface area contributed by atoms with Crippen molar-refractivity contribution in [1.29, 1.82) is 0 Å². The van der Waals surface area contributed by atoms with E-state index in [2.05, 4.69) is 15.0 Å². The molecule has 0 unspecified atom stereocenters. The van der Waals surface area contributed by atoms with Gasteiger partial charge in [-0.3, -0.25) is 14.8 Å². The highest BCUT2D eigenvalue weighted by Crippen LogP contribution is 2.29. The number of ketones is 1. The molecule has 3 heterocycles. The minimum Gasteiger partial charge on any atom is -0.349 e. The maximum atomic E-state index is 14.2. The summed E-state index contributed by atoms with van der Waals surface area (Å²) < 4.78 is 27.8. The summed E-state index contributed by atoms with van der Waals surface area (Å²) in [6.07, 6.45) is 5.42. The second kappa shape index (κ2) is 8.89. The number of hydrogen-bond acceptors (Lipinski definition) is 5. The minimum atomic E-state index is -0.637. The van der Waals surface area contributed by atoms with Gasteiger partial charge < -0.3 is 4.90 Å². The molecule has 1 aliphatic rings. The summed E-state index contributed by atoms with van der Waals surface area (Å²) in [6.45, 7) is 3.15. The maximum absolute atomic E-state index is 14.2. The van der Waals surface area contributed by atoms with Crippen molar-refractivity contribution < 1.29 is 13.6 Å². The molecule has 0 saturated carbocycles. The Bertz CT molecular complexity index is 1160. The third kappa shape index (κ3) is 4.46. The number of pyridine rings is 1. The fourth-order valence-electron chi connectivity index (χ4n) is 3.53. The summed E-state index contributed by atoms with van der Waals surface area (Å²) in [5.41, 5.74) is 3.34. The molecule has 0 bridgehead atoms. The van der Waals surface area contributed by atoms with Gasteiger partial charge in [-0.15, -0.1) is 0 Å². The van der Waals surface area contributed by atoms with Crippen LogP contribution < -0.4 is 4.90 Å². The third-order valence-corrected chi connectivity index (χ3v) is 5.65. The van der Waals surface area contributed by atoms with Crippen LogP contribution in [-0.2, 0) is 6.42 Å². The molecule has 1 aromatic carbocycles. The minimum absolute atomic E-state index is 0.0419. The fourth-order valence-corrected chi connectivity index (χ4v) is 3.76. The van der Waals surface area contributed by atoms with Gasteiger partial charge in [-0.05, 0) is 43.2 Å². The van der Waals surface area contributed by atoms with Crippen molar-refractivity contribution in [3.8, 4) is 0 Å². The van der Waals surface area contributed by atoms with Crippen LogP contribution in [0.3, 0.4) is 0 Å². The zero-order valence-electron chi connectivity index (χ0n) is 16.8. The molecule has 8 heteroatoms. The lowest BCUT2D eigenvalue weighted by Gasteiger charge is -2.30. The van der Waals surface area contributed by atoms with Crippen LogP contribution in [0, 0.1) is 11.6 Å². The van der Waals surface area contributed by atoms with Gasteiger partial charge in [0.25, 0.3) is 0 Å². The summed E-state index contributed by atoms with van der Waals surface area (Å²) in [5, 5.41) is -0.193. The highest BCUT2D eigenvalue weighted by atomic mass is 35.5. The molecule has 0 amide bonds. The van der Waals surface area contributed by atoms with Gasteiger partial charge in [-0.1, -0.05) is 23.2 Å². The van der Waals surface area contributed by atoms with E-state index in [4.69, 9.17) is 11.6 Å². The first-order chi connectivity index (χ1) is 14.9. The summed E-state index contributed by atoms with van der Waals surface area (Å²) >= 11 is 5.90. The number of anilines is 1. The van der Waals surface area contributed by atoms with Crippen LogP contribution in [0.25, 0.3) is 5.57 Å². The lowest BCUT2D eigenvalue weighted by molar-refractivity contribution is 0.0991. The van der Waals surface area contributed by atoms with Crippen molar-refractivity contribution >= 4 is 28.8 Å². The second-order valence-corrected chi connectivity index (χ2v) is 7.71. The molecule has 0 N–H and O–H groups in total. The van der Waals surface area contributed by atoms with Crippen LogP contribution in [0.5, 0.6) is 0 Å². The monoisotopic (exact) mass is 440 g/mol. The molecule has 2 aromatic heterocycles. The third-order valence-electron chi connectivity index (χ3n) is 5.27. The first-order valence-corrected chi connectivity index (χ1v) is 10.1. The van der Waals surface area contributed by atoms with E-state index in [1.54, 1.807) is 18.5 Å². The van der Waals surface area contributed by atoms with Gasteiger partial charge in [0.05, 0.1) is 29.0 Å². The predicted molar refractivity (Wildman–Crippen MR) is 115 cm³/mol. The summed E-state index contributed by atoms with van der Waals surface area (Å²) in [4.78, 5) is 27.3. The van der Waals surface area contributed by atoms with Crippen LogP contribution >= 0.6 is 11.6 Å². The average molecular weight is 441 g/mol. The fraction of sp³-hybridized carbons (Fsp3) is 0.217. The molecule has 1 aliphatic heterocycles. The first-order valence-electron chi connectivity index (χ1n) is 9.76. The van der Waals surface area contributed by atoms with Crippen LogP contribution in [0.1, 0.15) is 35.1 Å². The van der Waals surface area contributed by atoms with Gasteiger partial charge in [0.2, 0.25) is 0 Å². The first kappa shape index (κ1) is 21.1. The van der Waals surface area contributed by atoms with Crippen molar-refractivity contribution in [2.24, 2.45) is 0 Å². The van der Waals surface area contributed by atoms with E-state index >= 15 is 0 Å². The molecule has 158 valence electrons. The van der Waals surface area contributed by atoms with Gasteiger partial charge in [0, 0.05) is 31.0 Å². The van der Waals surface area contributed by atoms with Gasteiger partial charge in [0.1, 0.15) is 5.82 Å². The quantitative estimate of drug-likeness (QED) is 0.527. The Morgan fingerprint density at radius 3 is 2.65 bits per heavy atom. The average Bonchev–Trinajstić information content (AvgIpc) is 2.77. The Morgan fingerprint density at radius 1 is 1.10 bits per heavy atom. The molecule has 5 nitrogen and oxygen atoms in total. The highest BCUT2D eigenvalue weighted by molar-refractivity contribution is 6.34. The lowest BCUT2D eigenvalue weighted by atomic mass is 9.99. The predicted octanol–water partition coefficient (Wildman–Crippen LogP) is 4.91. The number of nitrogens with zero attached hydrogens (tertiary/aromatic N) is 4. The summed E-state index contributed by atoms with van der Waals surface area (Å²) in [5.74, 6) is -1.02. The van der Waals surface area contributed by atoms with Gasteiger partial charge in [-0.25, -0.2) is 13.8 Å². The van der Waals surface area contributed by atoms with E-state index in [0.717, 1.165) is 17.6 Å². The summed E-state index contributed by atoms with van der Waals surface area (Å²) in [6, 6.07) is 7.08. The Labute approximate surface area is 183 Å². The number of benzene rings is 1. The largest absolute Gasteiger partial charge is 0.349 e. The van der Waals surface area contributed by atoms with Gasteiger partial charge in [-0.2, -0.15) is 0 Å². The van der Waals surface area contributed by atoms with E-state index in [0.29, 0.717) is 30.3 Å². The van der Waals surface area contributed by atoms with Crippen molar-refractivity contribution in [2.45, 2.75) is 19.8 Å².